The van der Waals surface area contributed by atoms with Crippen LogP contribution in [0.2, 0.25) is 0 Å². The van der Waals surface area contributed by atoms with Crippen LogP contribution < -0.4 is 9.80 Å². The summed E-state index contributed by atoms with van der Waals surface area (Å²) in [7, 11) is 1.93. The second-order valence-corrected chi connectivity index (χ2v) is 6.41. The van der Waals surface area contributed by atoms with E-state index in [1.807, 2.05) is 11.7 Å². The first kappa shape index (κ1) is 16.2. The standard InChI is InChI=1S/C16H24N8O/c1-21-16(17-13-18-21)12-22-4-6-23(7-5-22)14-2-3-15(20-19-14)24-8-10-25-11-9-24/h2-3,13H,4-12H2,1H3. The molecule has 0 saturated carbocycles. The van der Waals surface area contributed by atoms with Crippen molar-refractivity contribution in [3.63, 3.8) is 0 Å². The fourth-order valence-electron chi connectivity index (χ4n) is 3.25. The van der Waals surface area contributed by atoms with Crippen LogP contribution in [0.25, 0.3) is 0 Å². The summed E-state index contributed by atoms with van der Waals surface area (Å²) < 4.78 is 7.22. The van der Waals surface area contributed by atoms with Crippen LogP contribution >= 0.6 is 0 Å². The van der Waals surface area contributed by atoms with Gasteiger partial charge in [0.15, 0.2) is 11.6 Å². The van der Waals surface area contributed by atoms with Crippen molar-refractivity contribution in [2.45, 2.75) is 6.54 Å². The summed E-state index contributed by atoms with van der Waals surface area (Å²) in [5.74, 6) is 2.89. The number of aryl methyl sites for hydroxylation is 1. The molecule has 0 aromatic carbocycles. The van der Waals surface area contributed by atoms with Crippen molar-refractivity contribution in [1.82, 2.24) is 29.9 Å². The fraction of sp³-hybridized carbons (Fsp3) is 0.625. The van der Waals surface area contributed by atoms with Gasteiger partial charge < -0.3 is 14.5 Å². The van der Waals surface area contributed by atoms with E-state index in [-0.39, 0.29) is 0 Å². The van der Waals surface area contributed by atoms with Gasteiger partial charge in [0.2, 0.25) is 0 Å². The van der Waals surface area contributed by atoms with Gasteiger partial charge in [-0.2, -0.15) is 5.10 Å². The van der Waals surface area contributed by atoms with E-state index in [9.17, 15) is 0 Å². The van der Waals surface area contributed by atoms with Gasteiger partial charge in [0.05, 0.1) is 19.8 Å². The fourth-order valence-corrected chi connectivity index (χ4v) is 3.25. The highest BCUT2D eigenvalue weighted by atomic mass is 16.5. The van der Waals surface area contributed by atoms with Crippen molar-refractivity contribution < 1.29 is 4.74 Å². The summed E-state index contributed by atoms with van der Waals surface area (Å²) in [6.07, 6.45) is 1.61. The minimum Gasteiger partial charge on any atom is -0.378 e. The zero-order valence-electron chi connectivity index (χ0n) is 14.6. The van der Waals surface area contributed by atoms with E-state index in [1.54, 1.807) is 6.33 Å². The van der Waals surface area contributed by atoms with E-state index < -0.39 is 0 Å². The lowest BCUT2D eigenvalue weighted by Crippen LogP contribution is -2.46. The molecule has 0 N–H and O–H groups in total. The van der Waals surface area contributed by atoms with Gasteiger partial charge in [0.1, 0.15) is 12.2 Å². The predicted octanol–water partition coefficient (Wildman–Crippen LogP) is -0.236. The van der Waals surface area contributed by atoms with Crippen LogP contribution in [0.15, 0.2) is 18.5 Å². The Kier molecular flexibility index (Phi) is 4.75. The van der Waals surface area contributed by atoms with Gasteiger partial charge in [-0.1, -0.05) is 0 Å². The predicted molar refractivity (Wildman–Crippen MR) is 93.6 cm³/mol. The van der Waals surface area contributed by atoms with Gasteiger partial charge in [-0.05, 0) is 12.1 Å². The summed E-state index contributed by atoms with van der Waals surface area (Å²) in [4.78, 5) is 11.2. The maximum atomic E-state index is 5.38. The number of rotatable bonds is 4. The van der Waals surface area contributed by atoms with Crippen LogP contribution in [0.3, 0.4) is 0 Å². The molecule has 2 fully saturated rings. The zero-order valence-corrected chi connectivity index (χ0v) is 14.6. The Balaban J connectivity index is 1.32. The lowest BCUT2D eigenvalue weighted by atomic mass is 10.3. The lowest BCUT2D eigenvalue weighted by molar-refractivity contribution is 0.122. The van der Waals surface area contributed by atoms with Crippen molar-refractivity contribution in [3.8, 4) is 0 Å². The second-order valence-electron chi connectivity index (χ2n) is 6.41. The van der Waals surface area contributed by atoms with Crippen molar-refractivity contribution in [2.75, 3.05) is 62.3 Å². The van der Waals surface area contributed by atoms with E-state index in [0.717, 1.165) is 76.5 Å². The summed E-state index contributed by atoms with van der Waals surface area (Å²) in [6, 6.07) is 4.15. The second kappa shape index (κ2) is 7.32. The maximum absolute atomic E-state index is 5.38. The van der Waals surface area contributed by atoms with E-state index in [1.165, 1.54) is 0 Å². The number of ether oxygens (including phenoxy) is 1. The summed E-state index contributed by atoms with van der Waals surface area (Å²) >= 11 is 0. The lowest BCUT2D eigenvalue weighted by Gasteiger charge is -2.35. The highest BCUT2D eigenvalue weighted by Gasteiger charge is 2.20. The molecule has 4 rings (SSSR count). The van der Waals surface area contributed by atoms with Crippen LogP contribution in [0, 0.1) is 0 Å². The molecule has 2 aliphatic heterocycles. The molecular formula is C16H24N8O. The molecule has 0 atom stereocenters. The van der Waals surface area contributed by atoms with Crippen LogP contribution in [0.4, 0.5) is 11.6 Å². The van der Waals surface area contributed by atoms with Gasteiger partial charge in [-0.3, -0.25) is 9.58 Å². The third kappa shape index (κ3) is 3.72. The molecule has 4 heterocycles. The van der Waals surface area contributed by atoms with Crippen molar-refractivity contribution in [3.05, 3.63) is 24.3 Å². The number of hydrogen-bond donors (Lipinski definition) is 0. The molecule has 2 aromatic heterocycles. The Hall–Kier alpha value is -2.26. The SMILES string of the molecule is Cn1ncnc1CN1CCN(c2ccc(N3CCOCC3)nn2)CC1. The Morgan fingerprint density at radius 2 is 1.56 bits per heavy atom. The Labute approximate surface area is 147 Å². The van der Waals surface area contributed by atoms with Gasteiger partial charge >= 0.3 is 0 Å². The summed E-state index contributed by atoms with van der Waals surface area (Å²) in [6.45, 7) is 8.00. The van der Waals surface area contributed by atoms with Gasteiger partial charge in [0.25, 0.3) is 0 Å². The number of morpholine rings is 1. The monoisotopic (exact) mass is 344 g/mol. The molecule has 0 unspecified atom stereocenters. The number of piperazine rings is 1. The molecule has 9 nitrogen and oxygen atoms in total. The molecule has 9 heteroatoms. The average Bonchev–Trinajstić information content (AvgIpc) is 3.08. The molecule has 0 radical (unpaired) electrons. The molecule has 0 amide bonds. The van der Waals surface area contributed by atoms with Crippen LogP contribution in [-0.4, -0.2) is 82.3 Å². The maximum Gasteiger partial charge on any atom is 0.151 e. The zero-order chi connectivity index (χ0) is 17.1. The number of nitrogens with zero attached hydrogens (tertiary/aromatic N) is 8. The highest BCUT2D eigenvalue weighted by molar-refractivity contribution is 5.45. The first-order valence-electron chi connectivity index (χ1n) is 8.76. The van der Waals surface area contributed by atoms with Crippen LogP contribution in [0.1, 0.15) is 5.82 Å². The molecule has 2 aliphatic rings. The topological polar surface area (TPSA) is 75.4 Å². The van der Waals surface area contributed by atoms with Crippen molar-refractivity contribution in [2.24, 2.45) is 7.05 Å². The molecule has 25 heavy (non-hydrogen) atoms. The quantitative estimate of drug-likeness (QED) is 0.753. The van der Waals surface area contributed by atoms with Crippen molar-refractivity contribution >= 4 is 11.6 Å². The third-order valence-electron chi connectivity index (χ3n) is 4.84. The van der Waals surface area contributed by atoms with E-state index in [2.05, 4.69) is 47.1 Å². The van der Waals surface area contributed by atoms with Gasteiger partial charge in [0, 0.05) is 46.3 Å². The van der Waals surface area contributed by atoms with E-state index in [0.29, 0.717) is 0 Å². The smallest absolute Gasteiger partial charge is 0.151 e. The van der Waals surface area contributed by atoms with Gasteiger partial charge in [-0.15, -0.1) is 10.2 Å². The van der Waals surface area contributed by atoms with Gasteiger partial charge in [-0.25, -0.2) is 4.98 Å². The average molecular weight is 344 g/mol. The Morgan fingerprint density at radius 1 is 0.920 bits per heavy atom. The number of hydrogen-bond acceptors (Lipinski definition) is 8. The van der Waals surface area contributed by atoms with E-state index in [4.69, 9.17) is 4.74 Å². The van der Waals surface area contributed by atoms with Crippen molar-refractivity contribution in [1.29, 1.82) is 0 Å². The molecule has 2 saturated heterocycles. The molecular weight excluding hydrogens is 320 g/mol. The summed E-state index contributed by atoms with van der Waals surface area (Å²) in [5.41, 5.74) is 0. The first-order chi connectivity index (χ1) is 12.3. The molecule has 0 bridgehead atoms. The Morgan fingerprint density at radius 3 is 2.12 bits per heavy atom. The Bertz CT molecular complexity index is 674. The van der Waals surface area contributed by atoms with Crippen LogP contribution in [-0.2, 0) is 18.3 Å². The largest absolute Gasteiger partial charge is 0.378 e. The minimum atomic E-state index is 0.761. The summed E-state index contributed by atoms with van der Waals surface area (Å²) in [5, 5.41) is 13.0. The molecule has 134 valence electrons. The first-order valence-corrected chi connectivity index (χ1v) is 8.76. The molecule has 2 aromatic rings. The minimum absolute atomic E-state index is 0.761. The normalized spacial score (nSPS) is 19.4. The third-order valence-corrected chi connectivity index (χ3v) is 4.84. The number of aromatic nitrogens is 5. The molecule has 0 aliphatic carbocycles. The van der Waals surface area contributed by atoms with E-state index >= 15 is 0 Å². The van der Waals surface area contributed by atoms with Crippen LogP contribution in [0.5, 0.6) is 0 Å². The molecule has 0 spiro atoms. The number of anilines is 2. The highest BCUT2D eigenvalue weighted by Crippen LogP contribution is 2.17.